The van der Waals surface area contributed by atoms with Gasteiger partial charge in [0.15, 0.2) is 11.2 Å². The number of ether oxygens (including phenoxy) is 3. The second kappa shape index (κ2) is 13.4. The van der Waals surface area contributed by atoms with Gasteiger partial charge in [-0.3, -0.25) is 15.0 Å². The molecule has 2 heterocycles. The number of nitrogens with zero attached hydrogens (tertiary/aromatic N) is 2. The summed E-state index contributed by atoms with van der Waals surface area (Å²) in [5, 5.41) is 22.2. The van der Waals surface area contributed by atoms with E-state index < -0.39 is 23.7 Å². The second-order valence-electron chi connectivity index (χ2n) is 11.3. The minimum Gasteiger partial charge on any atom is -0.496 e. The highest BCUT2D eigenvalue weighted by atomic mass is 16.5. The number of aromatic nitrogens is 1. The van der Waals surface area contributed by atoms with Crippen molar-refractivity contribution in [2.45, 2.75) is 38.0 Å². The monoisotopic (exact) mass is 591 g/mol. The van der Waals surface area contributed by atoms with Crippen molar-refractivity contribution in [2.24, 2.45) is 5.92 Å². The van der Waals surface area contributed by atoms with Crippen molar-refractivity contribution in [3.8, 4) is 5.75 Å². The second-order valence-corrected chi connectivity index (χ2v) is 11.3. The maximum absolute atomic E-state index is 11.7. The molecule has 2 aromatic carbocycles. The zero-order valence-electron chi connectivity index (χ0n) is 25.0. The van der Waals surface area contributed by atoms with Gasteiger partial charge in [-0.15, -0.1) is 0 Å². The quantitative estimate of drug-likeness (QED) is 0.251. The van der Waals surface area contributed by atoms with E-state index in [1.165, 1.54) is 6.92 Å². The number of carboxylic acids is 1. The van der Waals surface area contributed by atoms with E-state index in [2.05, 4.69) is 35.3 Å². The number of rotatable bonds is 13. The molecule has 0 amide bonds. The molecule has 43 heavy (non-hydrogen) atoms. The number of hydrogen-bond donors (Lipinski definition) is 3. The summed E-state index contributed by atoms with van der Waals surface area (Å²) in [4.78, 5) is 19.0. The molecule has 0 bridgehead atoms. The van der Waals surface area contributed by atoms with Crippen LogP contribution in [0.25, 0.3) is 16.7 Å². The minimum absolute atomic E-state index is 0.111. The summed E-state index contributed by atoms with van der Waals surface area (Å²) in [5.74, 6) is -0.296. The van der Waals surface area contributed by atoms with E-state index in [-0.39, 0.29) is 12.5 Å². The summed E-state index contributed by atoms with van der Waals surface area (Å²) in [7, 11) is 1.55. The zero-order chi connectivity index (χ0) is 30.5. The summed E-state index contributed by atoms with van der Waals surface area (Å²) >= 11 is 0. The molecule has 1 aliphatic carbocycles. The van der Waals surface area contributed by atoms with Crippen LogP contribution in [0.15, 0.2) is 65.1 Å². The van der Waals surface area contributed by atoms with Gasteiger partial charge < -0.3 is 28.8 Å². The first-order valence-electron chi connectivity index (χ1n) is 14.8. The number of carboxylic acid groups (broad SMARTS) is 1. The number of nitrogens with one attached hydrogen (secondary N) is 1. The third-order valence-corrected chi connectivity index (χ3v) is 8.48. The van der Waals surface area contributed by atoms with Crippen LogP contribution < -0.4 is 10.1 Å². The zero-order valence-corrected chi connectivity index (χ0v) is 25.0. The summed E-state index contributed by atoms with van der Waals surface area (Å²) in [6.45, 7) is 7.96. The number of morpholine rings is 1. The fraction of sp³-hybridized carbons (Fsp3) is 0.455. The van der Waals surface area contributed by atoms with Gasteiger partial charge in [0.2, 0.25) is 5.89 Å². The first-order chi connectivity index (χ1) is 20.8. The number of aliphatic hydroxyl groups excluding tert-OH is 1. The van der Waals surface area contributed by atoms with E-state index in [1.807, 2.05) is 36.4 Å². The molecule has 0 radical (unpaired) electrons. The lowest BCUT2D eigenvalue weighted by atomic mass is 9.76. The molecule has 3 atom stereocenters. The van der Waals surface area contributed by atoms with Gasteiger partial charge in [-0.05, 0) is 36.6 Å². The highest BCUT2D eigenvalue weighted by Crippen LogP contribution is 2.46. The van der Waals surface area contributed by atoms with Crippen LogP contribution in [0.3, 0.4) is 0 Å². The Morgan fingerprint density at radius 2 is 2.00 bits per heavy atom. The first-order valence-corrected chi connectivity index (χ1v) is 14.8. The molecule has 1 aliphatic heterocycles. The Bertz CT molecular complexity index is 1460. The average molecular weight is 592 g/mol. The van der Waals surface area contributed by atoms with Crippen LogP contribution in [0, 0.1) is 5.92 Å². The van der Waals surface area contributed by atoms with Gasteiger partial charge in [0.25, 0.3) is 0 Å². The topological polar surface area (TPSA) is 127 Å². The molecule has 3 N–H and O–H groups in total. The van der Waals surface area contributed by atoms with Gasteiger partial charge in [-0.1, -0.05) is 49.4 Å². The van der Waals surface area contributed by atoms with Gasteiger partial charge in [-0.2, -0.15) is 0 Å². The van der Waals surface area contributed by atoms with Crippen LogP contribution in [0.4, 0.5) is 0 Å². The number of oxazole rings is 1. The molecule has 0 spiro atoms. The fourth-order valence-corrected chi connectivity index (χ4v) is 5.62. The van der Waals surface area contributed by atoms with Gasteiger partial charge in [-0.25, -0.2) is 4.98 Å². The lowest BCUT2D eigenvalue weighted by Gasteiger charge is -2.37. The van der Waals surface area contributed by atoms with Gasteiger partial charge in [0.05, 0.1) is 26.9 Å². The highest BCUT2D eigenvalue weighted by molar-refractivity contribution is 5.79. The predicted molar refractivity (Wildman–Crippen MR) is 163 cm³/mol. The summed E-state index contributed by atoms with van der Waals surface area (Å²) < 4.78 is 24.3. The molecule has 5 rings (SSSR count). The number of carbonyl (C=O) groups is 1. The Balaban J connectivity index is 1.46. The maximum Gasteiger partial charge on any atom is 0.326 e. The highest BCUT2D eigenvalue weighted by Gasteiger charge is 2.45. The fourth-order valence-electron chi connectivity index (χ4n) is 5.62. The Hall–Kier alpha value is -3.54. The van der Waals surface area contributed by atoms with Crippen molar-refractivity contribution in [1.82, 2.24) is 15.2 Å². The molecular weight excluding hydrogens is 550 g/mol. The normalized spacial score (nSPS) is 22.3. The Morgan fingerprint density at radius 1 is 1.23 bits per heavy atom. The van der Waals surface area contributed by atoms with Crippen LogP contribution in [0.2, 0.25) is 0 Å². The van der Waals surface area contributed by atoms with Crippen molar-refractivity contribution in [2.75, 3.05) is 53.2 Å². The molecule has 230 valence electrons. The molecule has 3 aromatic rings. The Morgan fingerprint density at radius 3 is 2.70 bits per heavy atom. The lowest BCUT2D eigenvalue weighted by Crippen LogP contribution is -2.52. The lowest BCUT2D eigenvalue weighted by molar-refractivity contribution is -0.145. The number of hydrogen-bond acceptors (Lipinski definition) is 9. The largest absolute Gasteiger partial charge is 0.496 e. The van der Waals surface area contributed by atoms with E-state index in [1.54, 1.807) is 13.2 Å². The van der Waals surface area contributed by atoms with Crippen LogP contribution in [0.5, 0.6) is 5.75 Å². The number of benzene rings is 2. The minimum atomic E-state index is -1.50. The predicted octanol–water partition coefficient (Wildman–Crippen LogP) is 3.99. The van der Waals surface area contributed by atoms with E-state index in [0.29, 0.717) is 34.9 Å². The van der Waals surface area contributed by atoms with Crippen molar-refractivity contribution in [3.63, 3.8) is 0 Å². The number of fused-ring (bicyclic) bond motifs is 1. The third-order valence-electron chi connectivity index (χ3n) is 8.48. The van der Waals surface area contributed by atoms with E-state index >= 15 is 0 Å². The van der Waals surface area contributed by atoms with Crippen molar-refractivity contribution in [1.29, 1.82) is 0 Å². The molecule has 10 heteroatoms. The molecule has 2 aliphatic rings. The van der Waals surface area contributed by atoms with Crippen molar-refractivity contribution >= 4 is 22.6 Å². The van der Waals surface area contributed by atoms with E-state index in [9.17, 15) is 15.0 Å². The van der Waals surface area contributed by atoms with E-state index in [0.717, 1.165) is 50.4 Å². The van der Waals surface area contributed by atoms with Crippen molar-refractivity contribution < 1.29 is 33.6 Å². The Kier molecular flexibility index (Phi) is 9.63. The third kappa shape index (κ3) is 6.53. The smallest absolute Gasteiger partial charge is 0.326 e. The summed E-state index contributed by atoms with van der Waals surface area (Å²) in [6, 6.07) is 13.8. The average Bonchev–Trinajstić information content (AvgIpc) is 3.46. The number of allylic oxidation sites excluding steroid dienone is 2. The number of aliphatic carboxylic acids is 1. The van der Waals surface area contributed by atoms with Gasteiger partial charge >= 0.3 is 5.97 Å². The summed E-state index contributed by atoms with van der Waals surface area (Å²) in [5.41, 5.74) is 1.60. The van der Waals surface area contributed by atoms with E-state index in [4.69, 9.17) is 23.6 Å². The standard InChI is InChI=1S/C33H41N3O7/c1-23-26(24-9-5-4-6-10-24)11-7-12-33(23,42-16-8-13-36-14-17-41-18-15-36)30-35-27-19-25(28(40-3)20-29(27)43-30)21-34-32(2,22-37)31(38)39/h4-7,9-12,19-20,23,34,37H,8,13-18,21-22H2,1-3H3,(H,38,39). The van der Waals surface area contributed by atoms with Crippen molar-refractivity contribution in [3.05, 3.63) is 77.7 Å². The molecule has 1 aromatic heterocycles. The maximum atomic E-state index is 11.7. The number of methoxy groups -OCH3 is 1. The summed E-state index contributed by atoms with van der Waals surface area (Å²) in [6.07, 6.45) is 7.01. The molecule has 10 nitrogen and oxygen atoms in total. The molecule has 3 unspecified atom stereocenters. The van der Waals surface area contributed by atoms with Crippen LogP contribution >= 0.6 is 0 Å². The van der Waals surface area contributed by atoms with Crippen LogP contribution in [-0.2, 0) is 26.4 Å². The first kappa shape index (κ1) is 30.9. The van der Waals surface area contributed by atoms with Crippen LogP contribution in [0.1, 0.15) is 37.3 Å². The molecular formula is C33H41N3O7. The number of aliphatic hydroxyl groups is 1. The van der Waals surface area contributed by atoms with Gasteiger partial charge in [0, 0.05) is 50.3 Å². The Labute approximate surface area is 251 Å². The van der Waals surface area contributed by atoms with Crippen LogP contribution in [-0.4, -0.2) is 84.8 Å². The molecule has 1 fully saturated rings. The van der Waals surface area contributed by atoms with Gasteiger partial charge in [0.1, 0.15) is 16.8 Å². The SMILES string of the molecule is COc1cc2oc(C3(OCCCN4CCOCC4)C=CC=C(c4ccccc4)C3C)nc2cc1CNC(C)(CO)C(=O)O. The molecule has 1 saturated heterocycles. The molecule has 0 saturated carbocycles.